The third kappa shape index (κ3) is 4.63. The van der Waals surface area contributed by atoms with Gasteiger partial charge in [0.05, 0.1) is 6.10 Å². The lowest BCUT2D eigenvalue weighted by molar-refractivity contribution is 0.0921. The van der Waals surface area contributed by atoms with Crippen molar-refractivity contribution in [3.63, 3.8) is 0 Å². The summed E-state index contributed by atoms with van der Waals surface area (Å²) in [5.41, 5.74) is 0. The Morgan fingerprint density at radius 1 is 1.23 bits per heavy atom. The van der Waals surface area contributed by atoms with Gasteiger partial charge in [0.2, 0.25) is 0 Å². The van der Waals surface area contributed by atoms with Crippen LogP contribution in [0.3, 0.4) is 0 Å². The van der Waals surface area contributed by atoms with Crippen molar-refractivity contribution < 1.29 is 4.74 Å². The van der Waals surface area contributed by atoms with Gasteiger partial charge in [-0.3, -0.25) is 0 Å². The van der Waals surface area contributed by atoms with Gasteiger partial charge in [-0.25, -0.2) is 0 Å². The van der Waals surface area contributed by atoms with E-state index in [1.807, 2.05) is 7.05 Å². The molecule has 2 unspecified atom stereocenters. The second-order valence-electron chi connectivity index (χ2n) is 3.75. The molecule has 2 atom stereocenters. The Morgan fingerprint density at radius 3 is 2.08 bits per heavy atom. The molecule has 0 aliphatic rings. The van der Waals surface area contributed by atoms with Gasteiger partial charge in [-0.15, -0.1) is 0 Å². The highest BCUT2D eigenvalue weighted by molar-refractivity contribution is 4.75. The molecule has 0 rings (SSSR count). The molecule has 0 aromatic heterocycles. The van der Waals surface area contributed by atoms with E-state index in [0.717, 1.165) is 12.3 Å². The van der Waals surface area contributed by atoms with Crippen molar-refractivity contribution in [3.8, 4) is 0 Å². The highest BCUT2D eigenvalue weighted by Crippen LogP contribution is 2.17. The van der Waals surface area contributed by atoms with Crippen LogP contribution < -0.4 is 5.32 Å². The Hall–Kier alpha value is -0.0800. The van der Waals surface area contributed by atoms with E-state index in [4.69, 9.17) is 4.74 Å². The summed E-state index contributed by atoms with van der Waals surface area (Å²) in [6.45, 7) is 6.65. The molecule has 2 heteroatoms. The van der Waals surface area contributed by atoms with E-state index in [9.17, 15) is 0 Å². The summed E-state index contributed by atoms with van der Waals surface area (Å²) in [6, 6.07) is 0.602. The fourth-order valence-corrected chi connectivity index (χ4v) is 1.86. The van der Waals surface area contributed by atoms with Crippen molar-refractivity contribution in [1.29, 1.82) is 0 Å². The van der Waals surface area contributed by atoms with Crippen molar-refractivity contribution >= 4 is 0 Å². The molecule has 0 aromatic carbocycles. The second kappa shape index (κ2) is 7.34. The molecule has 0 spiro atoms. The maximum atomic E-state index is 5.28. The van der Waals surface area contributed by atoms with E-state index in [1.165, 1.54) is 12.8 Å². The molecule has 80 valence electrons. The van der Waals surface area contributed by atoms with E-state index in [-0.39, 0.29) is 0 Å². The lowest BCUT2D eigenvalue weighted by atomic mass is 9.90. The van der Waals surface area contributed by atoms with Crippen LogP contribution in [0.15, 0.2) is 0 Å². The van der Waals surface area contributed by atoms with Crippen molar-refractivity contribution in [1.82, 2.24) is 5.32 Å². The number of ether oxygens (including phenoxy) is 1. The van der Waals surface area contributed by atoms with Crippen LogP contribution in [0.1, 0.15) is 40.0 Å². The van der Waals surface area contributed by atoms with Crippen molar-refractivity contribution in [2.45, 2.75) is 52.2 Å². The summed E-state index contributed by atoms with van der Waals surface area (Å²) < 4.78 is 5.28. The summed E-state index contributed by atoms with van der Waals surface area (Å²) in [5, 5.41) is 3.39. The van der Waals surface area contributed by atoms with E-state index >= 15 is 0 Å². The predicted octanol–water partition coefficient (Wildman–Crippen LogP) is 2.44. The monoisotopic (exact) mass is 187 g/mol. The molecule has 0 aliphatic carbocycles. The second-order valence-corrected chi connectivity index (χ2v) is 3.75. The molecule has 0 saturated heterocycles. The quantitative estimate of drug-likeness (QED) is 0.661. The topological polar surface area (TPSA) is 21.3 Å². The highest BCUT2D eigenvalue weighted by Gasteiger charge is 2.18. The van der Waals surface area contributed by atoms with Crippen LogP contribution in [-0.2, 0) is 4.74 Å². The Morgan fingerprint density at radius 2 is 1.77 bits per heavy atom. The molecule has 0 amide bonds. The minimum absolute atomic E-state index is 0.359. The van der Waals surface area contributed by atoms with E-state index < -0.39 is 0 Å². The van der Waals surface area contributed by atoms with Crippen molar-refractivity contribution in [3.05, 3.63) is 0 Å². The van der Waals surface area contributed by atoms with Gasteiger partial charge in [0.1, 0.15) is 0 Å². The van der Waals surface area contributed by atoms with Gasteiger partial charge < -0.3 is 10.1 Å². The van der Waals surface area contributed by atoms with Crippen molar-refractivity contribution in [2.24, 2.45) is 5.92 Å². The lowest BCUT2D eigenvalue weighted by Gasteiger charge is -2.27. The van der Waals surface area contributed by atoms with E-state index in [2.05, 4.69) is 26.1 Å². The minimum atomic E-state index is 0.359. The molecule has 0 heterocycles. The summed E-state index contributed by atoms with van der Waals surface area (Å²) >= 11 is 0. The zero-order valence-corrected chi connectivity index (χ0v) is 9.76. The van der Waals surface area contributed by atoms with Gasteiger partial charge in [-0.2, -0.15) is 0 Å². The Kier molecular flexibility index (Phi) is 7.29. The minimum Gasteiger partial charge on any atom is -0.382 e. The third-order valence-electron chi connectivity index (χ3n) is 2.98. The van der Waals surface area contributed by atoms with Gasteiger partial charge >= 0.3 is 0 Å². The van der Waals surface area contributed by atoms with Crippen LogP contribution in [-0.4, -0.2) is 26.3 Å². The Labute approximate surface area is 83.1 Å². The molecule has 0 aliphatic heterocycles. The van der Waals surface area contributed by atoms with Crippen LogP contribution in [0.5, 0.6) is 0 Å². The number of hydrogen-bond acceptors (Lipinski definition) is 2. The summed E-state index contributed by atoms with van der Waals surface area (Å²) in [7, 11) is 3.83. The van der Waals surface area contributed by atoms with Gasteiger partial charge in [0.15, 0.2) is 0 Å². The third-order valence-corrected chi connectivity index (χ3v) is 2.98. The number of hydrogen-bond donors (Lipinski definition) is 1. The average molecular weight is 187 g/mol. The largest absolute Gasteiger partial charge is 0.382 e. The maximum Gasteiger partial charge on any atom is 0.0558 e. The van der Waals surface area contributed by atoms with Gasteiger partial charge in [0.25, 0.3) is 0 Å². The molecule has 0 radical (unpaired) electrons. The van der Waals surface area contributed by atoms with E-state index in [0.29, 0.717) is 12.1 Å². The molecule has 13 heavy (non-hydrogen) atoms. The van der Waals surface area contributed by atoms with E-state index in [1.54, 1.807) is 7.11 Å². The number of rotatable bonds is 7. The fraction of sp³-hybridized carbons (Fsp3) is 1.00. The normalized spacial score (nSPS) is 16.2. The highest BCUT2D eigenvalue weighted by atomic mass is 16.5. The molecule has 0 bridgehead atoms. The summed E-state index contributed by atoms with van der Waals surface area (Å²) in [4.78, 5) is 0. The van der Waals surface area contributed by atoms with Gasteiger partial charge in [0, 0.05) is 13.2 Å². The average Bonchev–Trinajstić information content (AvgIpc) is 2.17. The molecule has 0 saturated carbocycles. The first kappa shape index (κ1) is 12.9. The molecule has 0 aromatic rings. The maximum absolute atomic E-state index is 5.28. The van der Waals surface area contributed by atoms with Crippen LogP contribution in [0.25, 0.3) is 0 Å². The smallest absolute Gasteiger partial charge is 0.0558 e. The first-order valence-corrected chi connectivity index (χ1v) is 5.39. The first-order chi connectivity index (χ1) is 6.19. The zero-order chi connectivity index (χ0) is 10.3. The summed E-state index contributed by atoms with van der Waals surface area (Å²) in [6.07, 6.45) is 3.97. The van der Waals surface area contributed by atoms with Crippen LogP contribution in [0, 0.1) is 5.92 Å². The molecule has 0 fully saturated rings. The standard InChI is InChI=1S/C11H25NO/c1-6-10(7-2)11(12-4)8-9(3)13-5/h9-12H,6-8H2,1-5H3. The van der Waals surface area contributed by atoms with Crippen LogP contribution in [0.2, 0.25) is 0 Å². The Balaban J connectivity index is 3.98. The Bertz CT molecular complexity index is 113. The number of nitrogens with one attached hydrogen (secondary N) is 1. The number of methoxy groups -OCH3 is 1. The fourth-order valence-electron chi connectivity index (χ4n) is 1.86. The lowest BCUT2D eigenvalue weighted by Crippen LogP contribution is -2.36. The molecular weight excluding hydrogens is 162 g/mol. The van der Waals surface area contributed by atoms with Gasteiger partial charge in [-0.05, 0) is 26.3 Å². The zero-order valence-electron chi connectivity index (χ0n) is 9.76. The first-order valence-electron chi connectivity index (χ1n) is 5.39. The van der Waals surface area contributed by atoms with Crippen LogP contribution >= 0.6 is 0 Å². The molecule has 2 nitrogen and oxygen atoms in total. The van der Waals surface area contributed by atoms with Crippen molar-refractivity contribution in [2.75, 3.05) is 14.2 Å². The summed E-state index contributed by atoms with van der Waals surface area (Å²) in [5.74, 6) is 0.780. The predicted molar refractivity (Wildman–Crippen MR) is 58.0 cm³/mol. The van der Waals surface area contributed by atoms with Gasteiger partial charge in [-0.1, -0.05) is 26.7 Å². The van der Waals surface area contributed by atoms with Crippen LogP contribution in [0.4, 0.5) is 0 Å². The molecular formula is C11H25NO. The SMILES string of the molecule is CCC(CC)C(CC(C)OC)NC. The molecule has 1 N–H and O–H groups in total.